The minimum Gasteiger partial charge on any atom is -0.494 e. The molecule has 0 radical (unpaired) electrons. The maximum absolute atomic E-state index is 14.3. The van der Waals surface area contributed by atoms with Crippen LogP contribution in [0.5, 0.6) is 5.75 Å². The highest BCUT2D eigenvalue weighted by Gasteiger charge is 2.23. The fourth-order valence-corrected chi connectivity index (χ4v) is 2.95. The molecule has 1 aliphatic rings. The Labute approximate surface area is 142 Å². The van der Waals surface area contributed by atoms with E-state index in [4.69, 9.17) is 9.72 Å². The largest absolute Gasteiger partial charge is 0.494 e. The van der Waals surface area contributed by atoms with Gasteiger partial charge in [-0.25, -0.2) is 14.4 Å². The minimum absolute atomic E-state index is 0.0457. The third kappa shape index (κ3) is 3.41. The summed E-state index contributed by atoms with van der Waals surface area (Å²) in [5, 5.41) is 0. The molecule has 0 atom stereocenters. The maximum Gasteiger partial charge on any atom is 0.169 e. The van der Waals surface area contributed by atoms with E-state index in [2.05, 4.69) is 30.7 Å². The molecule has 128 valence electrons. The van der Waals surface area contributed by atoms with E-state index in [1.807, 2.05) is 18.3 Å². The molecule has 0 saturated heterocycles. The lowest BCUT2D eigenvalue weighted by Crippen LogP contribution is -2.32. The summed E-state index contributed by atoms with van der Waals surface area (Å²) in [5.41, 5.74) is 2.87. The zero-order valence-corrected chi connectivity index (χ0v) is 14.8. The highest BCUT2D eigenvalue weighted by atomic mass is 19.1. The second-order valence-corrected chi connectivity index (χ2v) is 7.31. The quantitative estimate of drug-likeness (QED) is 0.864. The predicted octanol–water partition coefficient (Wildman–Crippen LogP) is 3.48. The second kappa shape index (κ2) is 6.48. The predicted molar refractivity (Wildman–Crippen MR) is 91.5 cm³/mol. The highest BCUT2D eigenvalue weighted by Crippen LogP contribution is 2.25. The SMILES string of the molecule is COc1cccc(CN2CCc3nc(C(C)(C)C)ncc3C2)c1F. The fraction of sp³-hybridized carbons (Fsp3) is 0.474. The fourth-order valence-electron chi connectivity index (χ4n) is 2.95. The Morgan fingerprint density at radius 2 is 2.08 bits per heavy atom. The van der Waals surface area contributed by atoms with Gasteiger partial charge < -0.3 is 4.74 Å². The molecule has 0 fully saturated rings. The smallest absolute Gasteiger partial charge is 0.169 e. The van der Waals surface area contributed by atoms with E-state index in [1.165, 1.54) is 7.11 Å². The van der Waals surface area contributed by atoms with Crippen molar-refractivity contribution in [3.63, 3.8) is 0 Å². The number of benzene rings is 1. The number of methoxy groups -OCH3 is 1. The lowest BCUT2D eigenvalue weighted by Gasteiger charge is -2.29. The maximum atomic E-state index is 14.3. The molecular weight excluding hydrogens is 305 g/mol. The van der Waals surface area contributed by atoms with Gasteiger partial charge in [0.15, 0.2) is 11.6 Å². The molecule has 0 saturated carbocycles. The normalized spacial score (nSPS) is 15.2. The molecule has 4 nitrogen and oxygen atoms in total. The molecule has 1 aromatic heterocycles. The summed E-state index contributed by atoms with van der Waals surface area (Å²) in [6, 6.07) is 5.28. The Morgan fingerprint density at radius 1 is 1.29 bits per heavy atom. The van der Waals surface area contributed by atoms with Crippen LogP contribution in [-0.4, -0.2) is 28.5 Å². The zero-order chi connectivity index (χ0) is 17.3. The summed E-state index contributed by atoms with van der Waals surface area (Å²) < 4.78 is 19.4. The zero-order valence-electron chi connectivity index (χ0n) is 14.8. The lowest BCUT2D eigenvalue weighted by atomic mass is 9.95. The van der Waals surface area contributed by atoms with Gasteiger partial charge in [0.05, 0.1) is 7.11 Å². The van der Waals surface area contributed by atoms with Gasteiger partial charge in [-0.1, -0.05) is 32.9 Å². The van der Waals surface area contributed by atoms with Crippen molar-refractivity contribution < 1.29 is 9.13 Å². The average molecular weight is 329 g/mol. The summed E-state index contributed by atoms with van der Waals surface area (Å²) in [4.78, 5) is 11.5. The molecule has 0 bridgehead atoms. The van der Waals surface area contributed by atoms with Gasteiger partial charge in [0.25, 0.3) is 0 Å². The Bertz CT molecular complexity index is 740. The second-order valence-electron chi connectivity index (χ2n) is 7.31. The van der Waals surface area contributed by atoms with Crippen LogP contribution in [0.15, 0.2) is 24.4 Å². The summed E-state index contributed by atoms with van der Waals surface area (Å²) in [6.07, 6.45) is 2.80. The average Bonchev–Trinajstić information content (AvgIpc) is 2.55. The number of rotatable bonds is 3. The van der Waals surface area contributed by atoms with Gasteiger partial charge in [-0.2, -0.15) is 0 Å². The Kier molecular flexibility index (Phi) is 4.54. The van der Waals surface area contributed by atoms with Crippen LogP contribution in [0.1, 0.15) is 43.4 Å². The molecule has 24 heavy (non-hydrogen) atoms. The van der Waals surface area contributed by atoms with E-state index in [9.17, 15) is 4.39 Å². The molecule has 1 aliphatic heterocycles. The van der Waals surface area contributed by atoms with Crippen LogP contribution < -0.4 is 4.74 Å². The van der Waals surface area contributed by atoms with Crippen LogP contribution in [-0.2, 0) is 24.9 Å². The van der Waals surface area contributed by atoms with E-state index in [0.717, 1.165) is 36.6 Å². The van der Waals surface area contributed by atoms with Crippen LogP contribution in [0, 0.1) is 5.82 Å². The topological polar surface area (TPSA) is 38.2 Å². The Hall–Kier alpha value is -2.01. The van der Waals surface area contributed by atoms with Crippen molar-refractivity contribution in [1.29, 1.82) is 0 Å². The van der Waals surface area contributed by atoms with Gasteiger partial charge >= 0.3 is 0 Å². The van der Waals surface area contributed by atoms with Crippen LogP contribution >= 0.6 is 0 Å². The standard InChI is InChI=1S/C19H24FN3O/c1-19(2,3)18-21-10-14-12-23(9-8-15(14)22-18)11-13-6-5-7-16(24-4)17(13)20/h5-7,10H,8-9,11-12H2,1-4H3. The van der Waals surface area contributed by atoms with Crippen LogP contribution in [0.4, 0.5) is 4.39 Å². The summed E-state index contributed by atoms with van der Waals surface area (Å²) >= 11 is 0. The monoisotopic (exact) mass is 329 g/mol. The third-order valence-corrected chi connectivity index (χ3v) is 4.34. The first-order chi connectivity index (χ1) is 11.4. The first-order valence-electron chi connectivity index (χ1n) is 8.27. The van der Waals surface area contributed by atoms with E-state index in [-0.39, 0.29) is 11.2 Å². The number of nitrogens with zero attached hydrogens (tertiary/aromatic N) is 3. The van der Waals surface area contributed by atoms with Crippen LogP contribution in [0.3, 0.4) is 0 Å². The van der Waals surface area contributed by atoms with Crippen molar-refractivity contribution in [3.8, 4) is 5.75 Å². The first-order valence-corrected chi connectivity index (χ1v) is 8.27. The van der Waals surface area contributed by atoms with E-state index in [0.29, 0.717) is 17.9 Å². The van der Waals surface area contributed by atoms with Crippen molar-refractivity contribution in [2.24, 2.45) is 0 Å². The van der Waals surface area contributed by atoms with Crippen molar-refractivity contribution in [2.75, 3.05) is 13.7 Å². The molecule has 2 aromatic rings. The van der Waals surface area contributed by atoms with Crippen molar-refractivity contribution in [2.45, 2.75) is 45.7 Å². The lowest BCUT2D eigenvalue weighted by molar-refractivity contribution is 0.237. The highest BCUT2D eigenvalue weighted by molar-refractivity contribution is 5.31. The van der Waals surface area contributed by atoms with E-state index in [1.54, 1.807) is 6.07 Å². The molecule has 5 heteroatoms. The number of hydrogen-bond donors (Lipinski definition) is 0. The number of hydrogen-bond acceptors (Lipinski definition) is 4. The van der Waals surface area contributed by atoms with Gasteiger partial charge in [0, 0.05) is 54.5 Å². The van der Waals surface area contributed by atoms with Crippen molar-refractivity contribution in [3.05, 3.63) is 52.9 Å². The number of fused-ring (bicyclic) bond motifs is 1. The Balaban J connectivity index is 1.76. The molecular formula is C19H24FN3O. The third-order valence-electron chi connectivity index (χ3n) is 4.34. The first kappa shape index (κ1) is 16.8. The van der Waals surface area contributed by atoms with Crippen LogP contribution in [0.25, 0.3) is 0 Å². The van der Waals surface area contributed by atoms with Crippen LogP contribution in [0.2, 0.25) is 0 Å². The number of aromatic nitrogens is 2. The number of ether oxygens (including phenoxy) is 1. The minimum atomic E-state index is -0.273. The molecule has 2 heterocycles. The Morgan fingerprint density at radius 3 is 2.79 bits per heavy atom. The number of halogens is 1. The van der Waals surface area contributed by atoms with Gasteiger partial charge in [-0.3, -0.25) is 4.90 Å². The molecule has 0 aliphatic carbocycles. The summed E-state index contributed by atoms with van der Waals surface area (Å²) in [6.45, 7) is 8.53. The van der Waals surface area contributed by atoms with Gasteiger partial charge in [0.1, 0.15) is 5.82 Å². The summed E-state index contributed by atoms with van der Waals surface area (Å²) in [7, 11) is 1.49. The van der Waals surface area contributed by atoms with Gasteiger partial charge in [0.2, 0.25) is 0 Å². The molecule has 0 spiro atoms. The van der Waals surface area contributed by atoms with Crippen molar-refractivity contribution in [1.82, 2.24) is 14.9 Å². The molecule has 0 unspecified atom stereocenters. The molecule has 3 rings (SSSR count). The molecule has 1 aromatic carbocycles. The summed E-state index contributed by atoms with van der Waals surface area (Å²) in [5.74, 6) is 0.904. The van der Waals surface area contributed by atoms with Crippen molar-refractivity contribution >= 4 is 0 Å². The molecule has 0 N–H and O–H groups in total. The van der Waals surface area contributed by atoms with E-state index >= 15 is 0 Å². The van der Waals surface area contributed by atoms with Gasteiger partial charge in [-0.15, -0.1) is 0 Å². The van der Waals surface area contributed by atoms with E-state index < -0.39 is 0 Å². The van der Waals surface area contributed by atoms with Gasteiger partial charge in [-0.05, 0) is 6.07 Å². The molecule has 0 amide bonds.